The van der Waals surface area contributed by atoms with Gasteiger partial charge in [0, 0.05) is 30.4 Å². The molecule has 4 rings (SSSR count). The highest BCUT2D eigenvalue weighted by Gasteiger charge is 2.24. The van der Waals surface area contributed by atoms with Gasteiger partial charge < -0.3 is 20.1 Å². The zero-order valence-corrected chi connectivity index (χ0v) is 26.7. The van der Waals surface area contributed by atoms with Crippen molar-refractivity contribution in [1.82, 2.24) is 5.32 Å². The Morgan fingerprint density at radius 3 is 2.29 bits per heavy atom. The summed E-state index contributed by atoms with van der Waals surface area (Å²) in [5.74, 6) is -1.56. The smallest absolute Gasteiger partial charge is 0.328 e. The van der Waals surface area contributed by atoms with Gasteiger partial charge in [0.05, 0.1) is 13.2 Å². The summed E-state index contributed by atoms with van der Waals surface area (Å²) < 4.78 is 33.2. The number of benzene rings is 4. The van der Waals surface area contributed by atoms with Gasteiger partial charge in [-0.2, -0.15) is 11.8 Å². The molecule has 2 atom stereocenters. The van der Waals surface area contributed by atoms with Crippen molar-refractivity contribution in [2.75, 3.05) is 24.0 Å². The minimum absolute atomic E-state index is 0.191. The number of aliphatic hydroxyl groups is 1. The molecule has 0 spiro atoms. The standard InChI is InChI=1S/C36H38F2N2O4S/c1-23-8-5-6-11-31(23)33-18-25(12-13-32(33)35(42)39-34(14-15-45-4)36(43)44-3)21-40(22-26-16-28(37)20-29(38)17-26)30-10-7-9-27(19-30)24(2)41/h5-13,16-20,24,34,41H,14-15,21-22H2,1-4H3,(H,39,42). The highest BCUT2D eigenvalue weighted by atomic mass is 32.2. The van der Waals surface area contributed by atoms with E-state index in [2.05, 4.69) is 5.32 Å². The molecule has 0 saturated carbocycles. The Labute approximate surface area is 267 Å². The molecule has 45 heavy (non-hydrogen) atoms. The average Bonchev–Trinajstić information content (AvgIpc) is 3.02. The summed E-state index contributed by atoms with van der Waals surface area (Å²) >= 11 is 1.57. The second kappa shape index (κ2) is 15.7. The van der Waals surface area contributed by atoms with Crippen molar-refractivity contribution in [2.24, 2.45) is 0 Å². The van der Waals surface area contributed by atoms with Crippen LogP contribution in [-0.4, -0.2) is 42.1 Å². The van der Waals surface area contributed by atoms with E-state index in [9.17, 15) is 23.5 Å². The van der Waals surface area contributed by atoms with Gasteiger partial charge in [0.15, 0.2) is 0 Å². The zero-order valence-electron chi connectivity index (χ0n) is 25.8. The molecule has 2 unspecified atom stereocenters. The number of anilines is 1. The van der Waals surface area contributed by atoms with Crippen LogP contribution in [0.15, 0.2) is 84.9 Å². The van der Waals surface area contributed by atoms with E-state index < -0.39 is 35.7 Å². The summed E-state index contributed by atoms with van der Waals surface area (Å²) in [6.45, 7) is 4.16. The van der Waals surface area contributed by atoms with Gasteiger partial charge in [-0.25, -0.2) is 13.6 Å². The van der Waals surface area contributed by atoms with Crippen LogP contribution in [-0.2, 0) is 22.6 Å². The van der Waals surface area contributed by atoms with Crippen LogP contribution in [0.5, 0.6) is 0 Å². The van der Waals surface area contributed by atoms with E-state index in [1.54, 1.807) is 24.8 Å². The van der Waals surface area contributed by atoms with Crippen LogP contribution in [0.4, 0.5) is 14.5 Å². The predicted molar refractivity (Wildman–Crippen MR) is 176 cm³/mol. The van der Waals surface area contributed by atoms with Crippen molar-refractivity contribution in [3.63, 3.8) is 0 Å². The maximum atomic E-state index is 14.1. The van der Waals surface area contributed by atoms with Gasteiger partial charge in [-0.1, -0.05) is 42.5 Å². The molecule has 2 N–H and O–H groups in total. The number of nitrogens with one attached hydrogen (secondary N) is 1. The van der Waals surface area contributed by atoms with Gasteiger partial charge in [-0.3, -0.25) is 4.79 Å². The van der Waals surface area contributed by atoms with E-state index in [1.807, 2.05) is 78.7 Å². The number of nitrogens with zero attached hydrogens (tertiary/aromatic N) is 1. The number of thioether (sulfide) groups is 1. The van der Waals surface area contributed by atoms with E-state index >= 15 is 0 Å². The molecule has 236 valence electrons. The number of methoxy groups -OCH3 is 1. The quantitative estimate of drug-likeness (QED) is 0.152. The first-order valence-electron chi connectivity index (χ1n) is 14.6. The topological polar surface area (TPSA) is 78.9 Å². The van der Waals surface area contributed by atoms with Crippen LogP contribution in [0.3, 0.4) is 0 Å². The molecule has 0 aliphatic rings. The summed E-state index contributed by atoms with van der Waals surface area (Å²) in [6, 6.07) is 23.3. The maximum absolute atomic E-state index is 14.1. The van der Waals surface area contributed by atoms with E-state index in [0.29, 0.717) is 41.0 Å². The third-order valence-corrected chi connectivity index (χ3v) is 8.20. The number of carbonyl (C=O) groups excluding carboxylic acids is 2. The van der Waals surface area contributed by atoms with E-state index in [0.717, 1.165) is 28.4 Å². The fraction of sp³-hybridized carbons (Fsp3) is 0.278. The SMILES string of the molecule is COC(=O)C(CCSC)NC(=O)c1ccc(CN(Cc2cc(F)cc(F)c2)c2cccc(C(C)O)c2)cc1-c1ccccc1C. The molecule has 0 bridgehead atoms. The first-order valence-corrected chi connectivity index (χ1v) is 16.0. The number of rotatable bonds is 13. The first-order chi connectivity index (χ1) is 21.6. The molecule has 4 aromatic carbocycles. The van der Waals surface area contributed by atoms with Crippen LogP contribution in [0.1, 0.15) is 52.1 Å². The maximum Gasteiger partial charge on any atom is 0.328 e. The van der Waals surface area contributed by atoms with Crippen LogP contribution < -0.4 is 10.2 Å². The van der Waals surface area contributed by atoms with Crippen LogP contribution in [0.25, 0.3) is 11.1 Å². The number of hydrogen-bond acceptors (Lipinski definition) is 6. The number of esters is 1. The number of aryl methyl sites for hydroxylation is 1. The zero-order chi connectivity index (χ0) is 32.5. The van der Waals surface area contributed by atoms with Gasteiger partial charge in [0.25, 0.3) is 5.91 Å². The van der Waals surface area contributed by atoms with E-state index in [4.69, 9.17) is 4.74 Å². The van der Waals surface area contributed by atoms with Crippen molar-refractivity contribution in [3.05, 3.63) is 124 Å². The molecule has 0 heterocycles. The molecule has 0 aliphatic heterocycles. The molecular formula is C36H38F2N2O4S. The Bertz CT molecular complexity index is 1630. The van der Waals surface area contributed by atoms with Crippen LogP contribution in [0.2, 0.25) is 0 Å². The minimum atomic E-state index is -0.789. The Kier molecular flexibility index (Phi) is 11.7. The van der Waals surface area contributed by atoms with Crippen LogP contribution >= 0.6 is 11.8 Å². The lowest BCUT2D eigenvalue weighted by Gasteiger charge is -2.27. The Morgan fingerprint density at radius 2 is 1.62 bits per heavy atom. The second-order valence-electron chi connectivity index (χ2n) is 10.9. The summed E-state index contributed by atoms with van der Waals surface area (Å²) in [5.41, 5.74) is 5.67. The van der Waals surface area contributed by atoms with Crippen LogP contribution in [0, 0.1) is 18.6 Å². The van der Waals surface area contributed by atoms with Crippen molar-refractivity contribution in [1.29, 1.82) is 0 Å². The molecular weight excluding hydrogens is 594 g/mol. The molecule has 0 radical (unpaired) electrons. The molecule has 1 amide bonds. The number of amides is 1. The summed E-state index contributed by atoms with van der Waals surface area (Å²) in [6.07, 6.45) is 1.66. The van der Waals surface area contributed by atoms with Gasteiger partial charge >= 0.3 is 5.97 Å². The summed E-state index contributed by atoms with van der Waals surface area (Å²) in [7, 11) is 1.30. The first kappa shape index (κ1) is 33.7. The minimum Gasteiger partial charge on any atom is -0.467 e. The number of hydrogen-bond donors (Lipinski definition) is 2. The van der Waals surface area contributed by atoms with Gasteiger partial charge in [0.2, 0.25) is 0 Å². The molecule has 9 heteroatoms. The van der Waals surface area contributed by atoms with Gasteiger partial charge in [0.1, 0.15) is 17.7 Å². The predicted octanol–water partition coefficient (Wildman–Crippen LogP) is 7.22. The van der Waals surface area contributed by atoms with Crippen molar-refractivity contribution >= 4 is 29.3 Å². The van der Waals surface area contributed by atoms with Gasteiger partial charge in [-0.05, 0) is 102 Å². The molecule has 0 saturated heterocycles. The largest absolute Gasteiger partial charge is 0.467 e. The molecule has 0 fully saturated rings. The number of ether oxygens (including phenoxy) is 1. The molecule has 4 aromatic rings. The van der Waals surface area contributed by atoms with Crippen molar-refractivity contribution in [2.45, 2.75) is 45.5 Å². The second-order valence-corrected chi connectivity index (χ2v) is 11.9. The summed E-state index contributed by atoms with van der Waals surface area (Å²) in [5, 5.41) is 13.1. The Morgan fingerprint density at radius 1 is 0.911 bits per heavy atom. The Balaban J connectivity index is 1.76. The third-order valence-electron chi connectivity index (χ3n) is 7.55. The third kappa shape index (κ3) is 8.93. The fourth-order valence-corrected chi connectivity index (χ4v) is 5.68. The number of halogens is 2. The number of aliphatic hydroxyl groups excluding tert-OH is 1. The Hall–Kier alpha value is -4.21. The lowest BCUT2D eigenvalue weighted by molar-refractivity contribution is -0.142. The molecule has 0 aromatic heterocycles. The lowest BCUT2D eigenvalue weighted by Crippen LogP contribution is -2.42. The lowest BCUT2D eigenvalue weighted by atomic mass is 9.93. The number of carbonyl (C=O) groups is 2. The van der Waals surface area contributed by atoms with E-state index in [-0.39, 0.29) is 6.54 Å². The molecule has 0 aliphatic carbocycles. The van der Waals surface area contributed by atoms with E-state index in [1.165, 1.54) is 19.2 Å². The molecule has 6 nitrogen and oxygen atoms in total. The van der Waals surface area contributed by atoms with Crippen molar-refractivity contribution < 1.29 is 28.2 Å². The highest BCUT2D eigenvalue weighted by Crippen LogP contribution is 2.31. The summed E-state index contributed by atoms with van der Waals surface area (Å²) in [4.78, 5) is 28.1. The fourth-order valence-electron chi connectivity index (χ4n) is 5.21. The monoisotopic (exact) mass is 632 g/mol. The average molecular weight is 633 g/mol. The normalized spacial score (nSPS) is 12.3. The van der Waals surface area contributed by atoms with Crippen molar-refractivity contribution in [3.8, 4) is 11.1 Å². The van der Waals surface area contributed by atoms with Gasteiger partial charge in [-0.15, -0.1) is 0 Å². The highest BCUT2D eigenvalue weighted by molar-refractivity contribution is 7.98.